The summed E-state index contributed by atoms with van der Waals surface area (Å²) in [5.74, 6) is 5.28. The molecule has 4 saturated carbocycles. The van der Waals surface area contributed by atoms with Crippen LogP contribution in [-0.2, 0) is 0 Å². The smallest absolute Gasteiger partial charge is 0.00187 e. The average molecular weight is 794 g/mol. The lowest BCUT2D eigenvalue weighted by Gasteiger charge is -2.62. The van der Waals surface area contributed by atoms with E-state index in [0.29, 0.717) is 10.8 Å². The summed E-state index contributed by atoms with van der Waals surface area (Å²) in [6.45, 7) is 14.3. The maximum atomic E-state index is 2.93. The highest BCUT2D eigenvalue weighted by molar-refractivity contribution is 5.06. The molecule has 0 aliphatic heterocycles. The Bertz CT molecular complexity index is 910. The highest BCUT2D eigenvalue weighted by Gasteiger charge is 2.57. The van der Waals surface area contributed by atoms with Gasteiger partial charge < -0.3 is 4.90 Å². The summed E-state index contributed by atoms with van der Waals surface area (Å²) in [6, 6.07) is 0. The van der Waals surface area contributed by atoms with E-state index in [1.165, 1.54) is 232 Å². The Morgan fingerprint density at radius 1 is 0.404 bits per heavy atom. The van der Waals surface area contributed by atoms with E-state index >= 15 is 0 Å². The van der Waals surface area contributed by atoms with Crippen LogP contribution < -0.4 is 0 Å². The molecule has 0 spiro atoms. The predicted molar refractivity (Wildman–Crippen MR) is 255 cm³/mol. The predicted octanol–water partition coefficient (Wildman–Crippen LogP) is 18.9. The number of unbranched alkanes of at least 4 members (excludes halogenated alkanes) is 27. The van der Waals surface area contributed by atoms with E-state index in [4.69, 9.17) is 0 Å². The van der Waals surface area contributed by atoms with Crippen molar-refractivity contribution in [3.8, 4) is 0 Å². The second-order valence-corrected chi connectivity index (χ2v) is 22.3. The van der Waals surface area contributed by atoms with Crippen LogP contribution in [0.3, 0.4) is 0 Å². The van der Waals surface area contributed by atoms with Gasteiger partial charge in [0.2, 0.25) is 0 Å². The summed E-state index contributed by atoms with van der Waals surface area (Å²) in [5, 5.41) is 0. The number of hydrogen-bond donors (Lipinski definition) is 0. The first-order chi connectivity index (χ1) is 28.0. The topological polar surface area (TPSA) is 3.24 Å². The SMILES string of the molecule is CCCCCCCCCCCCCCCCN(CCCCCCCCCCCCCCCC)CCCC[C@H]1CCC2C3CCC4CCCC[C@]4(C)C3CC[C@]2(C)C1. The summed E-state index contributed by atoms with van der Waals surface area (Å²) < 4.78 is 0. The maximum Gasteiger partial charge on any atom is -0.00187 e. The first-order valence-corrected chi connectivity index (χ1v) is 27.7. The second-order valence-electron chi connectivity index (χ2n) is 22.3. The monoisotopic (exact) mass is 794 g/mol. The molecule has 1 nitrogen and oxygen atoms in total. The molecule has 4 aliphatic carbocycles. The molecule has 4 aliphatic rings. The van der Waals surface area contributed by atoms with E-state index in [2.05, 4.69) is 32.6 Å². The molecule has 4 rings (SSSR count). The van der Waals surface area contributed by atoms with E-state index in [-0.39, 0.29) is 0 Å². The third-order valence-corrected chi connectivity index (χ3v) is 17.7. The molecule has 0 aromatic rings. The molecule has 0 bridgehead atoms. The van der Waals surface area contributed by atoms with Crippen LogP contribution >= 0.6 is 0 Å². The van der Waals surface area contributed by atoms with Gasteiger partial charge in [-0.3, -0.25) is 0 Å². The zero-order valence-corrected chi connectivity index (χ0v) is 40.2. The van der Waals surface area contributed by atoms with E-state index < -0.39 is 0 Å². The minimum absolute atomic E-state index is 0.662. The number of hydrogen-bond acceptors (Lipinski definition) is 1. The molecule has 0 heterocycles. The molecule has 4 unspecified atom stereocenters. The van der Waals surface area contributed by atoms with Gasteiger partial charge in [0.1, 0.15) is 0 Å². The van der Waals surface area contributed by atoms with Gasteiger partial charge in [-0.05, 0) is 131 Å². The lowest BCUT2D eigenvalue weighted by atomic mass is 9.42. The normalized spacial score (nSPS) is 28.7. The van der Waals surface area contributed by atoms with E-state index in [0.717, 1.165) is 29.6 Å². The zero-order chi connectivity index (χ0) is 40.3. The third-order valence-electron chi connectivity index (χ3n) is 17.7. The van der Waals surface area contributed by atoms with Gasteiger partial charge >= 0.3 is 0 Å². The van der Waals surface area contributed by atoms with Crippen molar-refractivity contribution in [3.63, 3.8) is 0 Å². The van der Waals surface area contributed by atoms with Gasteiger partial charge in [0.15, 0.2) is 0 Å². The van der Waals surface area contributed by atoms with Crippen LogP contribution in [0.5, 0.6) is 0 Å². The number of nitrogens with zero attached hydrogens (tertiary/aromatic N) is 1. The summed E-state index contributed by atoms with van der Waals surface area (Å²) in [4.78, 5) is 2.93. The van der Waals surface area contributed by atoms with Crippen molar-refractivity contribution in [2.75, 3.05) is 19.6 Å². The Hall–Kier alpha value is -0.0400. The van der Waals surface area contributed by atoms with Gasteiger partial charge in [0, 0.05) is 0 Å². The highest BCUT2D eigenvalue weighted by Crippen LogP contribution is 2.66. The third kappa shape index (κ3) is 18.5. The molecule has 7 atom stereocenters. The quantitative estimate of drug-likeness (QED) is 0.0578. The fourth-order valence-electron chi connectivity index (χ4n) is 14.1. The Kier molecular flexibility index (Phi) is 26.2. The van der Waals surface area contributed by atoms with Crippen molar-refractivity contribution in [1.29, 1.82) is 0 Å². The Labute approximate surface area is 361 Å². The Morgan fingerprint density at radius 2 is 0.860 bits per heavy atom. The van der Waals surface area contributed by atoms with Crippen molar-refractivity contribution in [3.05, 3.63) is 0 Å². The van der Waals surface area contributed by atoms with Crippen LogP contribution in [-0.4, -0.2) is 24.5 Å². The molecular weight excluding hydrogens is 687 g/mol. The first-order valence-electron chi connectivity index (χ1n) is 27.7. The standard InChI is InChI=1S/C56H107N/c1-5-7-9-11-13-15-17-19-21-23-25-27-29-34-46-57(47-35-30-28-26-24-22-20-18-16-14-12-10-8-6-2)48-36-32-37-50-39-42-53-52-41-40-51-38-31-33-44-56(51,4)54(52)43-45-55(53,3)49-50/h50-54H,5-49H2,1-4H3/t50-,51?,52?,53?,54?,55+,56-/m0/s1. The lowest BCUT2D eigenvalue weighted by Crippen LogP contribution is -2.54. The number of fused-ring (bicyclic) bond motifs is 5. The Morgan fingerprint density at radius 3 is 1.35 bits per heavy atom. The Balaban J connectivity index is 1.08. The van der Waals surface area contributed by atoms with Crippen LogP contribution in [0.1, 0.15) is 297 Å². The molecule has 0 radical (unpaired) electrons. The summed E-state index contributed by atoms with van der Waals surface area (Å²) in [6.07, 6.45) is 62.8. The van der Waals surface area contributed by atoms with Crippen LogP contribution in [0, 0.1) is 40.4 Å². The number of rotatable bonds is 35. The van der Waals surface area contributed by atoms with Gasteiger partial charge in [-0.15, -0.1) is 0 Å². The lowest BCUT2D eigenvalue weighted by molar-refractivity contribution is -0.130. The van der Waals surface area contributed by atoms with E-state index in [9.17, 15) is 0 Å². The maximum absolute atomic E-state index is 2.93. The van der Waals surface area contributed by atoms with Crippen LogP contribution in [0.4, 0.5) is 0 Å². The van der Waals surface area contributed by atoms with Gasteiger partial charge in [-0.1, -0.05) is 227 Å². The van der Waals surface area contributed by atoms with Crippen molar-refractivity contribution in [1.82, 2.24) is 4.90 Å². The molecule has 336 valence electrons. The van der Waals surface area contributed by atoms with Crippen molar-refractivity contribution in [2.24, 2.45) is 40.4 Å². The molecule has 0 aromatic heterocycles. The van der Waals surface area contributed by atoms with E-state index in [1.807, 2.05) is 0 Å². The molecular formula is C56H107N. The van der Waals surface area contributed by atoms with Gasteiger partial charge in [0.05, 0.1) is 0 Å². The van der Waals surface area contributed by atoms with E-state index in [1.54, 1.807) is 57.8 Å². The van der Waals surface area contributed by atoms with Gasteiger partial charge in [0.25, 0.3) is 0 Å². The summed E-state index contributed by atoms with van der Waals surface area (Å²) >= 11 is 0. The molecule has 0 amide bonds. The van der Waals surface area contributed by atoms with Gasteiger partial charge in [-0.2, -0.15) is 0 Å². The largest absolute Gasteiger partial charge is 0.303 e. The molecule has 1 heteroatoms. The van der Waals surface area contributed by atoms with Crippen LogP contribution in [0.15, 0.2) is 0 Å². The van der Waals surface area contributed by atoms with Crippen molar-refractivity contribution in [2.45, 2.75) is 297 Å². The molecule has 57 heavy (non-hydrogen) atoms. The van der Waals surface area contributed by atoms with Crippen LogP contribution in [0.2, 0.25) is 0 Å². The highest BCUT2D eigenvalue weighted by atomic mass is 15.1. The average Bonchev–Trinajstić information content (AvgIpc) is 3.21. The molecule has 4 fully saturated rings. The summed E-state index contributed by atoms with van der Waals surface area (Å²) in [7, 11) is 0. The molecule has 0 N–H and O–H groups in total. The second kappa shape index (κ2) is 30.1. The fraction of sp³-hybridized carbons (Fsp3) is 1.00. The minimum atomic E-state index is 0.662. The summed E-state index contributed by atoms with van der Waals surface area (Å²) in [5.41, 5.74) is 1.36. The zero-order valence-electron chi connectivity index (χ0n) is 40.2. The van der Waals surface area contributed by atoms with Crippen molar-refractivity contribution < 1.29 is 0 Å². The molecule has 0 saturated heterocycles. The van der Waals surface area contributed by atoms with Gasteiger partial charge in [-0.25, -0.2) is 0 Å². The first kappa shape index (κ1) is 49.6. The van der Waals surface area contributed by atoms with Crippen molar-refractivity contribution >= 4 is 0 Å². The molecule has 0 aromatic carbocycles. The minimum Gasteiger partial charge on any atom is -0.303 e. The fourth-order valence-corrected chi connectivity index (χ4v) is 14.1. The van der Waals surface area contributed by atoms with Crippen LogP contribution in [0.25, 0.3) is 0 Å².